The van der Waals surface area contributed by atoms with Crippen LogP contribution in [0.5, 0.6) is 11.8 Å². The van der Waals surface area contributed by atoms with E-state index in [4.69, 9.17) is 10.2 Å². The number of rotatable bonds is 1. The van der Waals surface area contributed by atoms with Crippen LogP contribution in [0.4, 0.5) is 0 Å². The lowest BCUT2D eigenvalue weighted by Gasteiger charge is -1.78. The molecule has 0 amide bonds. The summed E-state index contributed by atoms with van der Waals surface area (Å²) in [4.78, 5) is 5.83. The lowest BCUT2D eigenvalue weighted by Crippen LogP contribution is -1.69. The number of aromatic amines is 1. The standard InChI is InChI=1S/C5H6N2O2/c1-2-3-6-4(8)5(9)7-3/h2,8-9H,1H2,(H,6,7). The molecular formula is C5H6N2O2. The van der Waals surface area contributed by atoms with Gasteiger partial charge < -0.3 is 15.2 Å². The molecule has 1 aromatic rings. The fraction of sp³-hybridized carbons (Fsp3) is 0. The number of hydrogen-bond donors (Lipinski definition) is 3. The van der Waals surface area contributed by atoms with Gasteiger partial charge in [-0.15, -0.1) is 0 Å². The van der Waals surface area contributed by atoms with Gasteiger partial charge in [0.05, 0.1) is 0 Å². The van der Waals surface area contributed by atoms with Crippen LogP contribution in [0.2, 0.25) is 0 Å². The highest BCUT2D eigenvalue weighted by Gasteiger charge is 2.02. The zero-order chi connectivity index (χ0) is 6.85. The van der Waals surface area contributed by atoms with Crippen molar-refractivity contribution in [3.8, 4) is 11.8 Å². The van der Waals surface area contributed by atoms with Crippen molar-refractivity contribution in [2.75, 3.05) is 0 Å². The van der Waals surface area contributed by atoms with E-state index in [9.17, 15) is 0 Å². The minimum Gasteiger partial charge on any atom is -0.491 e. The Kier molecular flexibility index (Phi) is 1.14. The fourth-order valence-corrected chi connectivity index (χ4v) is 0.469. The zero-order valence-electron chi connectivity index (χ0n) is 4.63. The average molecular weight is 126 g/mol. The van der Waals surface area contributed by atoms with E-state index in [1.165, 1.54) is 6.08 Å². The van der Waals surface area contributed by atoms with Crippen LogP contribution in [-0.4, -0.2) is 20.2 Å². The largest absolute Gasteiger partial charge is 0.491 e. The van der Waals surface area contributed by atoms with Crippen LogP contribution in [0.3, 0.4) is 0 Å². The van der Waals surface area contributed by atoms with E-state index in [1.807, 2.05) is 0 Å². The Morgan fingerprint density at radius 2 is 2.22 bits per heavy atom. The van der Waals surface area contributed by atoms with Crippen LogP contribution in [0.25, 0.3) is 6.08 Å². The molecule has 9 heavy (non-hydrogen) atoms. The second-order valence-electron chi connectivity index (χ2n) is 1.50. The molecule has 0 saturated heterocycles. The van der Waals surface area contributed by atoms with Crippen LogP contribution >= 0.6 is 0 Å². The van der Waals surface area contributed by atoms with Crippen molar-refractivity contribution in [3.63, 3.8) is 0 Å². The van der Waals surface area contributed by atoms with Crippen LogP contribution in [0.1, 0.15) is 5.82 Å². The Bertz CT molecular complexity index is 209. The maximum atomic E-state index is 8.66. The minimum atomic E-state index is -0.398. The molecule has 0 radical (unpaired) electrons. The first-order chi connectivity index (χ1) is 4.24. The van der Waals surface area contributed by atoms with Crippen LogP contribution < -0.4 is 0 Å². The molecule has 0 atom stereocenters. The van der Waals surface area contributed by atoms with Crippen LogP contribution in [0, 0.1) is 0 Å². The number of hydrogen-bond acceptors (Lipinski definition) is 3. The Morgan fingerprint density at radius 3 is 2.44 bits per heavy atom. The van der Waals surface area contributed by atoms with Crippen LogP contribution in [-0.2, 0) is 0 Å². The molecule has 4 heteroatoms. The Hall–Kier alpha value is -1.45. The van der Waals surface area contributed by atoms with E-state index in [1.54, 1.807) is 0 Å². The molecule has 48 valence electrons. The van der Waals surface area contributed by atoms with Crippen molar-refractivity contribution in [1.82, 2.24) is 9.97 Å². The van der Waals surface area contributed by atoms with Gasteiger partial charge in [-0.2, -0.15) is 4.98 Å². The molecule has 0 aliphatic carbocycles. The molecule has 0 saturated carbocycles. The third-order valence-electron chi connectivity index (χ3n) is 0.878. The summed E-state index contributed by atoms with van der Waals surface area (Å²) in [6, 6.07) is 0. The Morgan fingerprint density at radius 1 is 1.56 bits per heavy atom. The van der Waals surface area contributed by atoms with Gasteiger partial charge in [0.2, 0.25) is 0 Å². The van der Waals surface area contributed by atoms with Gasteiger partial charge in [0.15, 0.2) is 0 Å². The van der Waals surface area contributed by atoms with Gasteiger partial charge >= 0.3 is 0 Å². The third-order valence-corrected chi connectivity index (χ3v) is 0.878. The highest BCUT2D eigenvalue weighted by Crippen LogP contribution is 2.19. The van der Waals surface area contributed by atoms with Gasteiger partial charge in [-0.3, -0.25) is 0 Å². The third kappa shape index (κ3) is 0.861. The van der Waals surface area contributed by atoms with Gasteiger partial charge in [-0.1, -0.05) is 6.58 Å². The van der Waals surface area contributed by atoms with E-state index in [2.05, 4.69) is 16.5 Å². The summed E-state index contributed by atoms with van der Waals surface area (Å²) < 4.78 is 0. The quantitative estimate of drug-likeness (QED) is 0.512. The second kappa shape index (κ2) is 1.81. The smallest absolute Gasteiger partial charge is 0.275 e. The Labute approximate surface area is 51.5 Å². The number of aromatic nitrogens is 2. The lowest BCUT2D eigenvalue weighted by atomic mass is 10.6. The highest BCUT2D eigenvalue weighted by atomic mass is 16.3. The van der Waals surface area contributed by atoms with Crippen molar-refractivity contribution in [2.45, 2.75) is 0 Å². The first kappa shape index (κ1) is 5.68. The number of aromatic hydroxyl groups is 2. The number of nitrogens with zero attached hydrogens (tertiary/aromatic N) is 1. The van der Waals surface area contributed by atoms with Gasteiger partial charge in [0, 0.05) is 0 Å². The van der Waals surface area contributed by atoms with Gasteiger partial charge in [0.25, 0.3) is 11.8 Å². The van der Waals surface area contributed by atoms with Gasteiger partial charge in [0.1, 0.15) is 5.82 Å². The highest BCUT2D eigenvalue weighted by molar-refractivity contribution is 5.41. The van der Waals surface area contributed by atoms with Gasteiger partial charge in [-0.25, -0.2) is 0 Å². The Balaban J connectivity index is 3.11. The monoisotopic (exact) mass is 126 g/mol. The zero-order valence-corrected chi connectivity index (χ0v) is 4.63. The second-order valence-corrected chi connectivity index (χ2v) is 1.50. The molecule has 0 aliphatic rings. The summed E-state index contributed by atoms with van der Waals surface area (Å²) in [7, 11) is 0. The first-order valence-electron chi connectivity index (χ1n) is 2.34. The molecule has 1 rings (SSSR count). The van der Waals surface area contributed by atoms with E-state index >= 15 is 0 Å². The molecule has 1 heterocycles. The predicted molar refractivity (Wildman–Crippen MR) is 32.0 cm³/mol. The average Bonchev–Trinajstić information content (AvgIpc) is 2.13. The maximum Gasteiger partial charge on any atom is 0.275 e. The van der Waals surface area contributed by atoms with Crippen molar-refractivity contribution < 1.29 is 10.2 Å². The number of nitrogens with one attached hydrogen (secondary N) is 1. The molecular weight excluding hydrogens is 120 g/mol. The molecule has 0 aromatic carbocycles. The molecule has 0 fully saturated rings. The van der Waals surface area contributed by atoms with Gasteiger partial charge in [-0.05, 0) is 6.08 Å². The van der Waals surface area contributed by atoms with Crippen LogP contribution in [0.15, 0.2) is 6.58 Å². The van der Waals surface area contributed by atoms with E-state index in [-0.39, 0.29) is 5.88 Å². The summed E-state index contributed by atoms with van der Waals surface area (Å²) in [5.74, 6) is -0.375. The van der Waals surface area contributed by atoms with Crippen molar-refractivity contribution in [2.24, 2.45) is 0 Å². The summed E-state index contributed by atoms with van der Waals surface area (Å²) >= 11 is 0. The lowest BCUT2D eigenvalue weighted by molar-refractivity contribution is 0.386. The summed E-state index contributed by atoms with van der Waals surface area (Å²) in [5, 5.41) is 17.3. The van der Waals surface area contributed by atoms with Crippen molar-refractivity contribution >= 4 is 6.08 Å². The minimum absolute atomic E-state index is 0.329. The molecule has 0 aliphatic heterocycles. The van der Waals surface area contributed by atoms with E-state index in [0.29, 0.717) is 5.82 Å². The topological polar surface area (TPSA) is 69.1 Å². The molecule has 0 bridgehead atoms. The van der Waals surface area contributed by atoms with Crippen molar-refractivity contribution in [1.29, 1.82) is 0 Å². The predicted octanol–water partition coefficient (Wildman–Crippen LogP) is 0.464. The number of H-pyrrole nitrogens is 1. The summed E-state index contributed by atoms with van der Waals surface area (Å²) in [6.45, 7) is 3.37. The molecule has 1 aromatic heterocycles. The fourth-order valence-electron chi connectivity index (χ4n) is 0.469. The normalized spacial score (nSPS) is 9.33. The van der Waals surface area contributed by atoms with E-state index < -0.39 is 5.88 Å². The first-order valence-corrected chi connectivity index (χ1v) is 2.34. The summed E-state index contributed by atoms with van der Waals surface area (Å²) in [5.41, 5.74) is 0. The molecule has 0 unspecified atom stereocenters. The SMILES string of the molecule is C=Cc1nc(O)c(O)[nH]1. The molecule has 0 spiro atoms. The summed E-state index contributed by atoms with van der Waals surface area (Å²) in [6.07, 6.45) is 1.39. The van der Waals surface area contributed by atoms with E-state index in [0.717, 1.165) is 0 Å². The van der Waals surface area contributed by atoms with Crippen molar-refractivity contribution in [3.05, 3.63) is 12.4 Å². The maximum absolute atomic E-state index is 8.66. The molecule has 4 nitrogen and oxygen atoms in total. The molecule has 3 N–H and O–H groups in total. The number of imidazole rings is 1.